The summed E-state index contributed by atoms with van der Waals surface area (Å²) in [4.78, 5) is 24.4. The molecule has 0 atom stereocenters. The summed E-state index contributed by atoms with van der Waals surface area (Å²) in [5, 5.41) is 5.08. The highest BCUT2D eigenvalue weighted by Gasteiger charge is 2.17. The molecule has 7 heteroatoms. The van der Waals surface area contributed by atoms with Crippen LogP contribution in [0.4, 0.5) is 0 Å². The van der Waals surface area contributed by atoms with Crippen LogP contribution in [0.1, 0.15) is 0 Å². The van der Waals surface area contributed by atoms with Crippen LogP contribution in [0.3, 0.4) is 0 Å². The molecule has 0 amide bonds. The third-order valence-corrected chi connectivity index (χ3v) is 12.5. The van der Waals surface area contributed by atoms with Crippen LogP contribution in [0.2, 0.25) is 0 Å². The second-order valence-electron chi connectivity index (χ2n) is 13.7. The number of fused-ring (bicyclic) bond motifs is 6. The summed E-state index contributed by atoms with van der Waals surface area (Å²) < 4.78 is 5.14. The van der Waals surface area contributed by atoms with E-state index >= 15 is 0 Å². The van der Waals surface area contributed by atoms with Crippen LogP contribution in [-0.2, 0) is 0 Å². The van der Waals surface area contributed by atoms with E-state index in [1.54, 1.807) is 12.4 Å². The van der Waals surface area contributed by atoms with Gasteiger partial charge in [-0.05, 0) is 89.0 Å². The third kappa shape index (κ3) is 5.82. The van der Waals surface area contributed by atoms with Crippen LogP contribution < -0.4 is 0 Å². The molecule has 4 heterocycles. The maximum Gasteiger partial charge on any atom is 0.164 e. The smallest absolute Gasteiger partial charge is 0.164 e. The third-order valence-electron chi connectivity index (χ3n) is 10.2. The predicted octanol–water partition coefficient (Wildman–Crippen LogP) is 13.4. The first kappa shape index (κ1) is 32.5. The van der Waals surface area contributed by atoms with Crippen molar-refractivity contribution in [2.45, 2.75) is 0 Å². The minimum atomic E-state index is 0.580. The van der Waals surface area contributed by atoms with E-state index in [4.69, 9.17) is 15.0 Å². The minimum absolute atomic E-state index is 0.580. The van der Waals surface area contributed by atoms with Crippen LogP contribution in [0.5, 0.6) is 0 Å². The molecule has 0 unspecified atom stereocenters. The molecule has 0 bridgehead atoms. The van der Waals surface area contributed by atoms with Crippen molar-refractivity contribution in [1.82, 2.24) is 24.9 Å². The molecule has 4 aromatic heterocycles. The summed E-state index contributed by atoms with van der Waals surface area (Å²) in [5.41, 5.74) is 8.04. The van der Waals surface area contributed by atoms with Gasteiger partial charge in [-0.3, -0.25) is 0 Å². The van der Waals surface area contributed by atoms with E-state index in [1.165, 1.54) is 40.3 Å². The molecule has 11 rings (SSSR count). The Bertz CT molecular complexity index is 3130. The number of aromatic nitrogens is 5. The number of nitrogens with zero attached hydrogens (tertiary/aromatic N) is 5. The summed E-state index contributed by atoms with van der Waals surface area (Å²) in [6, 6.07) is 57.7. The van der Waals surface area contributed by atoms with Gasteiger partial charge in [0, 0.05) is 75.0 Å². The van der Waals surface area contributed by atoms with E-state index < -0.39 is 0 Å². The van der Waals surface area contributed by atoms with Gasteiger partial charge < -0.3 is 0 Å². The van der Waals surface area contributed by atoms with Gasteiger partial charge >= 0.3 is 0 Å². The van der Waals surface area contributed by atoms with Crippen LogP contribution >= 0.6 is 22.7 Å². The van der Waals surface area contributed by atoms with Gasteiger partial charge in [-0.15, -0.1) is 22.7 Å². The summed E-state index contributed by atoms with van der Waals surface area (Å²) in [6.07, 6.45) is 3.51. The molecule has 56 heavy (non-hydrogen) atoms. The lowest BCUT2D eigenvalue weighted by Gasteiger charge is -2.13. The number of hydrogen-bond acceptors (Lipinski definition) is 7. The quantitative estimate of drug-likeness (QED) is 0.169. The van der Waals surface area contributed by atoms with Crippen molar-refractivity contribution < 1.29 is 0 Å². The molecule has 0 spiro atoms. The molecule has 5 nitrogen and oxygen atoms in total. The van der Waals surface area contributed by atoms with Crippen molar-refractivity contribution in [2.75, 3.05) is 0 Å². The molecule has 7 aromatic carbocycles. The number of benzene rings is 7. The SMILES string of the molecule is c1ccc(-c2nc(-c3cc(-c4ccc5sc6ccccc6c5c4)cc(-c4ccc5sc6ccccc6c5c4)c3)nc(-c3cccc(-c4ncccn4)c3)n2)cc1. The van der Waals surface area contributed by atoms with Gasteiger partial charge in [0.25, 0.3) is 0 Å². The molecule has 0 saturated carbocycles. The Kier molecular flexibility index (Phi) is 7.79. The van der Waals surface area contributed by atoms with Crippen molar-refractivity contribution in [3.8, 4) is 67.8 Å². The second-order valence-corrected chi connectivity index (χ2v) is 15.9. The second kappa shape index (κ2) is 13.4. The lowest BCUT2D eigenvalue weighted by atomic mass is 9.94. The molecule has 11 aromatic rings. The molecular formula is C49H29N5S2. The average molecular weight is 752 g/mol. The zero-order chi connectivity index (χ0) is 37.0. The van der Waals surface area contributed by atoms with Gasteiger partial charge in [-0.1, -0.05) is 97.1 Å². The molecular weight excluding hydrogens is 723 g/mol. The highest BCUT2D eigenvalue weighted by molar-refractivity contribution is 7.26. The summed E-state index contributed by atoms with van der Waals surface area (Å²) in [6.45, 7) is 0. The predicted molar refractivity (Wildman–Crippen MR) is 234 cm³/mol. The minimum Gasteiger partial charge on any atom is -0.237 e. The molecule has 0 aliphatic rings. The molecule has 262 valence electrons. The first-order valence-electron chi connectivity index (χ1n) is 18.4. The average Bonchev–Trinajstić information content (AvgIpc) is 3.84. The van der Waals surface area contributed by atoms with Crippen LogP contribution in [0, 0.1) is 0 Å². The van der Waals surface area contributed by atoms with Crippen molar-refractivity contribution in [1.29, 1.82) is 0 Å². The first-order chi connectivity index (χ1) is 27.7. The fourth-order valence-electron chi connectivity index (χ4n) is 7.50. The Balaban J connectivity index is 1.13. The number of thiophene rings is 2. The molecule has 0 fully saturated rings. The summed E-state index contributed by atoms with van der Waals surface area (Å²) in [5.74, 6) is 2.43. The molecule has 0 radical (unpaired) electrons. The van der Waals surface area contributed by atoms with Crippen molar-refractivity contribution in [3.05, 3.63) is 176 Å². The molecule has 0 saturated heterocycles. The van der Waals surface area contributed by atoms with Gasteiger partial charge in [0.05, 0.1) is 0 Å². The standard InChI is InChI=1S/C49H29N5S2/c1-2-10-30(11-3-1)47-52-48(34-13-8-12-33(24-34)46-50-22-9-23-51-46)54-49(53-47)37-26-35(31-18-20-44-40(28-31)38-14-4-6-16-42(38)55-44)25-36(27-37)32-19-21-45-41(29-32)39-15-5-7-17-43(39)56-45/h1-29H. The molecule has 0 aliphatic heterocycles. The normalized spacial score (nSPS) is 11.6. The van der Waals surface area contributed by atoms with Gasteiger partial charge in [-0.2, -0.15) is 0 Å². The monoisotopic (exact) mass is 751 g/mol. The number of rotatable bonds is 6. The maximum atomic E-state index is 5.21. The van der Waals surface area contributed by atoms with Crippen molar-refractivity contribution >= 4 is 63.0 Å². The Hall–Kier alpha value is -6.93. The van der Waals surface area contributed by atoms with Crippen molar-refractivity contribution in [2.24, 2.45) is 0 Å². The van der Waals surface area contributed by atoms with Gasteiger partial charge in [0.1, 0.15) is 0 Å². The van der Waals surface area contributed by atoms with Crippen LogP contribution in [-0.4, -0.2) is 24.9 Å². The van der Waals surface area contributed by atoms with E-state index in [0.717, 1.165) is 44.5 Å². The Morgan fingerprint density at radius 2 is 0.714 bits per heavy atom. The van der Waals surface area contributed by atoms with Crippen molar-refractivity contribution in [3.63, 3.8) is 0 Å². The molecule has 0 N–H and O–H groups in total. The van der Waals surface area contributed by atoms with E-state index in [2.05, 4.69) is 113 Å². The van der Waals surface area contributed by atoms with Gasteiger partial charge in [0.15, 0.2) is 23.3 Å². The summed E-state index contributed by atoms with van der Waals surface area (Å²) >= 11 is 3.67. The fourth-order valence-corrected chi connectivity index (χ4v) is 9.67. The lowest BCUT2D eigenvalue weighted by molar-refractivity contribution is 1.07. The Morgan fingerprint density at radius 3 is 1.32 bits per heavy atom. The van der Waals surface area contributed by atoms with Gasteiger partial charge in [-0.25, -0.2) is 24.9 Å². The van der Waals surface area contributed by atoms with E-state index in [0.29, 0.717) is 23.3 Å². The lowest BCUT2D eigenvalue weighted by Crippen LogP contribution is -2.01. The van der Waals surface area contributed by atoms with E-state index in [9.17, 15) is 0 Å². The van der Waals surface area contributed by atoms with E-state index in [1.807, 2.05) is 83.3 Å². The topological polar surface area (TPSA) is 64.5 Å². The number of hydrogen-bond donors (Lipinski definition) is 0. The zero-order valence-electron chi connectivity index (χ0n) is 29.8. The Labute approximate surface area is 330 Å². The highest BCUT2D eigenvalue weighted by Crippen LogP contribution is 2.41. The van der Waals surface area contributed by atoms with Crippen LogP contribution in [0.25, 0.3) is 108 Å². The largest absolute Gasteiger partial charge is 0.237 e. The molecule has 0 aliphatic carbocycles. The van der Waals surface area contributed by atoms with Crippen LogP contribution in [0.15, 0.2) is 176 Å². The highest BCUT2D eigenvalue weighted by atomic mass is 32.1. The first-order valence-corrected chi connectivity index (χ1v) is 20.0. The summed E-state index contributed by atoms with van der Waals surface area (Å²) in [7, 11) is 0. The Morgan fingerprint density at radius 1 is 0.268 bits per heavy atom. The van der Waals surface area contributed by atoms with Gasteiger partial charge in [0.2, 0.25) is 0 Å². The fraction of sp³-hybridized carbons (Fsp3) is 0. The zero-order valence-corrected chi connectivity index (χ0v) is 31.4. The van der Waals surface area contributed by atoms with E-state index in [-0.39, 0.29) is 0 Å². The maximum absolute atomic E-state index is 5.21.